The van der Waals surface area contributed by atoms with Crippen LogP contribution in [0.15, 0.2) is 18.5 Å². The molecule has 88 valence electrons. The average molecular weight is 239 g/mol. The van der Waals surface area contributed by atoms with Crippen LogP contribution in [0.5, 0.6) is 0 Å². The maximum Gasteiger partial charge on any atom is 0.241 e. The minimum Gasteiger partial charge on any atom is -0.323 e. The van der Waals surface area contributed by atoms with Gasteiger partial charge in [0.05, 0.1) is 17.9 Å². The Morgan fingerprint density at radius 1 is 1.62 bits per heavy atom. The summed E-state index contributed by atoms with van der Waals surface area (Å²) in [6, 6.07) is 1.42. The third-order valence-electron chi connectivity index (χ3n) is 2.11. The largest absolute Gasteiger partial charge is 0.323 e. The van der Waals surface area contributed by atoms with Gasteiger partial charge >= 0.3 is 0 Å². The van der Waals surface area contributed by atoms with E-state index in [4.69, 9.17) is 5.73 Å². The van der Waals surface area contributed by atoms with Crippen molar-refractivity contribution in [3.05, 3.63) is 24.0 Å². The van der Waals surface area contributed by atoms with Gasteiger partial charge in [-0.05, 0) is 37.0 Å². The number of aryl methyl sites for hydroxylation is 1. The molecule has 0 unspecified atom stereocenters. The number of hydrogen-bond donors (Lipinski definition) is 2. The molecule has 3 N–H and O–H groups in total. The molecule has 1 amide bonds. The first-order chi connectivity index (χ1) is 7.63. The molecule has 5 heteroatoms. The van der Waals surface area contributed by atoms with Crippen molar-refractivity contribution in [1.29, 1.82) is 0 Å². The van der Waals surface area contributed by atoms with Crippen molar-refractivity contribution in [2.45, 2.75) is 19.4 Å². The van der Waals surface area contributed by atoms with Crippen molar-refractivity contribution in [3.63, 3.8) is 0 Å². The van der Waals surface area contributed by atoms with Gasteiger partial charge in [0.1, 0.15) is 0 Å². The summed E-state index contributed by atoms with van der Waals surface area (Å²) in [5.74, 6) is 0.738. The Kier molecular flexibility index (Phi) is 5.28. The highest BCUT2D eigenvalue weighted by Gasteiger charge is 2.12. The lowest BCUT2D eigenvalue weighted by molar-refractivity contribution is -0.117. The number of rotatable bonds is 5. The topological polar surface area (TPSA) is 68.0 Å². The van der Waals surface area contributed by atoms with Crippen molar-refractivity contribution in [2.75, 3.05) is 17.3 Å². The standard InChI is InChI=1S/C11H17N3OS/c1-8-5-9(7-13-6-8)14-11(15)10(12)3-4-16-2/h5-7,10H,3-4,12H2,1-2H3,(H,14,15)/t10-/m0/s1. The Morgan fingerprint density at radius 3 is 3.00 bits per heavy atom. The zero-order valence-corrected chi connectivity index (χ0v) is 10.4. The van der Waals surface area contributed by atoms with Gasteiger partial charge < -0.3 is 11.1 Å². The lowest BCUT2D eigenvalue weighted by Crippen LogP contribution is -2.36. The van der Waals surface area contributed by atoms with E-state index in [0.29, 0.717) is 12.1 Å². The quantitative estimate of drug-likeness (QED) is 0.815. The monoisotopic (exact) mass is 239 g/mol. The number of nitrogens with zero attached hydrogens (tertiary/aromatic N) is 1. The van der Waals surface area contributed by atoms with Crippen molar-refractivity contribution in [2.24, 2.45) is 5.73 Å². The second kappa shape index (κ2) is 6.50. The molecule has 0 radical (unpaired) electrons. The third kappa shape index (κ3) is 4.20. The van der Waals surface area contributed by atoms with Crippen LogP contribution in [0.1, 0.15) is 12.0 Å². The highest BCUT2D eigenvalue weighted by Crippen LogP contribution is 2.08. The fourth-order valence-corrected chi connectivity index (χ4v) is 1.72. The summed E-state index contributed by atoms with van der Waals surface area (Å²) in [7, 11) is 0. The van der Waals surface area contributed by atoms with Crippen LogP contribution in [0.25, 0.3) is 0 Å². The van der Waals surface area contributed by atoms with Gasteiger partial charge in [0.25, 0.3) is 0 Å². The van der Waals surface area contributed by atoms with Crippen LogP contribution < -0.4 is 11.1 Å². The van der Waals surface area contributed by atoms with Gasteiger partial charge in [-0.15, -0.1) is 0 Å². The van der Waals surface area contributed by atoms with Gasteiger partial charge in [-0.3, -0.25) is 9.78 Å². The molecule has 1 aromatic rings. The van der Waals surface area contributed by atoms with Crippen molar-refractivity contribution >= 4 is 23.4 Å². The Bertz CT molecular complexity index is 357. The molecule has 0 aliphatic rings. The van der Waals surface area contributed by atoms with Crippen LogP contribution in [0.2, 0.25) is 0 Å². The van der Waals surface area contributed by atoms with Crippen LogP contribution in [0, 0.1) is 6.92 Å². The lowest BCUT2D eigenvalue weighted by atomic mass is 10.2. The third-order valence-corrected chi connectivity index (χ3v) is 2.76. The van der Waals surface area contributed by atoms with E-state index >= 15 is 0 Å². The molecule has 4 nitrogen and oxygen atoms in total. The van der Waals surface area contributed by atoms with E-state index in [1.54, 1.807) is 24.2 Å². The number of hydrogen-bond acceptors (Lipinski definition) is 4. The summed E-state index contributed by atoms with van der Waals surface area (Å²) < 4.78 is 0. The average Bonchev–Trinajstić information content (AvgIpc) is 2.25. The van der Waals surface area contributed by atoms with Gasteiger partial charge in [0.2, 0.25) is 5.91 Å². The zero-order chi connectivity index (χ0) is 12.0. The van der Waals surface area contributed by atoms with Crippen molar-refractivity contribution < 1.29 is 4.79 Å². The molecule has 0 aliphatic carbocycles. The molecule has 16 heavy (non-hydrogen) atoms. The minimum atomic E-state index is -0.451. The molecule has 0 bridgehead atoms. The number of nitrogens with one attached hydrogen (secondary N) is 1. The molecule has 0 fully saturated rings. The number of pyridine rings is 1. The van der Waals surface area contributed by atoms with E-state index < -0.39 is 6.04 Å². The molecule has 0 saturated carbocycles. The first-order valence-corrected chi connectivity index (χ1v) is 6.50. The molecule has 0 aromatic carbocycles. The van der Waals surface area contributed by atoms with E-state index in [2.05, 4.69) is 10.3 Å². The predicted molar refractivity (Wildman–Crippen MR) is 68.6 cm³/mol. The summed E-state index contributed by atoms with van der Waals surface area (Å²) in [5.41, 5.74) is 7.45. The maximum absolute atomic E-state index is 11.7. The smallest absolute Gasteiger partial charge is 0.241 e. The number of anilines is 1. The zero-order valence-electron chi connectivity index (χ0n) is 9.56. The molecular weight excluding hydrogens is 222 g/mol. The number of amides is 1. The molecule has 1 heterocycles. The van der Waals surface area contributed by atoms with Gasteiger partial charge in [0.15, 0.2) is 0 Å². The molecule has 0 saturated heterocycles. The number of carbonyl (C=O) groups excluding carboxylic acids is 1. The summed E-state index contributed by atoms with van der Waals surface area (Å²) in [4.78, 5) is 15.7. The Labute approximate surface area is 100 Å². The summed E-state index contributed by atoms with van der Waals surface area (Å²) >= 11 is 1.68. The molecule has 1 atom stereocenters. The molecule has 0 aliphatic heterocycles. The summed E-state index contributed by atoms with van der Waals surface area (Å²) in [5, 5.41) is 2.76. The predicted octanol–water partition coefficient (Wildman–Crippen LogP) is 1.41. The molecule has 1 rings (SSSR count). The first kappa shape index (κ1) is 13.0. The van der Waals surface area contributed by atoms with Gasteiger partial charge in [0, 0.05) is 6.20 Å². The van der Waals surface area contributed by atoms with E-state index in [9.17, 15) is 4.79 Å². The minimum absolute atomic E-state index is 0.151. The van der Waals surface area contributed by atoms with E-state index in [1.165, 1.54) is 0 Å². The maximum atomic E-state index is 11.7. The number of carbonyl (C=O) groups is 1. The van der Waals surface area contributed by atoms with Crippen LogP contribution in [0.3, 0.4) is 0 Å². The van der Waals surface area contributed by atoms with Crippen LogP contribution >= 0.6 is 11.8 Å². The normalized spacial score (nSPS) is 12.2. The van der Waals surface area contributed by atoms with Crippen molar-refractivity contribution in [3.8, 4) is 0 Å². The van der Waals surface area contributed by atoms with Crippen LogP contribution in [-0.2, 0) is 4.79 Å². The van der Waals surface area contributed by atoms with Crippen LogP contribution in [-0.4, -0.2) is 28.9 Å². The van der Waals surface area contributed by atoms with E-state index in [-0.39, 0.29) is 5.91 Å². The Balaban J connectivity index is 2.50. The second-order valence-corrected chi connectivity index (χ2v) is 4.61. The SMILES string of the molecule is CSCC[C@H](N)C(=O)Nc1cncc(C)c1. The Morgan fingerprint density at radius 2 is 2.38 bits per heavy atom. The van der Waals surface area contributed by atoms with Gasteiger partial charge in [-0.25, -0.2) is 0 Å². The molecule has 1 aromatic heterocycles. The fourth-order valence-electron chi connectivity index (χ4n) is 1.23. The van der Waals surface area contributed by atoms with Crippen LogP contribution in [0.4, 0.5) is 5.69 Å². The molecule has 0 spiro atoms. The Hall–Kier alpha value is -1.07. The van der Waals surface area contributed by atoms with Crippen molar-refractivity contribution in [1.82, 2.24) is 4.98 Å². The highest BCUT2D eigenvalue weighted by atomic mass is 32.2. The lowest BCUT2D eigenvalue weighted by Gasteiger charge is -2.11. The summed E-state index contributed by atoms with van der Waals surface area (Å²) in [6.07, 6.45) is 6.04. The number of nitrogens with two attached hydrogens (primary N) is 1. The highest BCUT2D eigenvalue weighted by molar-refractivity contribution is 7.98. The number of thioether (sulfide) groups is 1. The van der Waals surface area contributed by atoms with Gasteiger partial charge in [-0.1, -0.05) is 0 Å². The van der Waals surface area contributed by atoms with E-state index in [1.807, 2.05) is 19.2 Å². The first-order valence-electron chi connectivity index (χ1n) is 5.10. The molecular formula is C11H17N3OS. The summed E-state index contributed by atoms with van der Waals surface area (Å²) in [6.45, 7) is 1.93. The second-order valence-electron chi connectivity index (χ2n) is 3.63. The van der Waals surface area contributed by atoms with E-state index in [0.717, 1.165) is 11.3 Å². The number of aromatic nitrogens is 1. The van der Waals surface area contributed by atoms with Gasteiger partial charge in [-0.2, -0.15) is 11.8 Å². The fraction of sp³-hybridized carbons (Fsp3) is 0.455.